The molecule has 0 aliphatic carbocycles. The van der Waals surface area contributed by atoms with Gasteiger partial charge in [0.2, 0.25) is 53.2 Å². The predicted octanol–water partition coefficient (Wildman–Crippen LogP) is -5.19. The fourth-order valence-electron chi connectivity index (χ4n) is 7.48. The SMILES string of the molecule is CC[C@H](C)[C@H](NC(=O)[C@H](CC(C)C)NC(=O)[C@@H](N)C(C)C)C(=O)N[C@H](C(=O)N[C@@H](Cc1ccc(O)cc1)C(=O)N[C@@H](CC(=O)O)C(=O)N[C@@H](CO)C(=O)N[C@@H](CO)C(=O)N[C@H](C(=O)N[C@@H](CCCCN)C(=O)O)[C@@H](C)O)[C@@H](C)O. The normalized spacial score (nSPS) is 16.3. The van der Waals surface area contributed by atoms with Crippen molar-refractivity contribution in [2.24, 2.45) is 29.2 Å². The molecule has 0 fully saturated rings. The van der Waals surface area contributed by atoms with Crippen molar-refractivity contribution in [1.82, 2.24) is 47.9 Å². The zero-order valence-electron chi connectivity index (χ0n) is 45.8. The molecule has 1 aromatic rings. The number of carbonyl (C=O) groups is 11. The summed E-state index contributed by atoms with van der Waals surface area (Å²) in [5, 5.41) is 91.1. The first-order valence-electron chi connectivity index (χ1n) is 25.9. The van der Waals surface area contributed by atoms with Crippen molar-refractivity contribution in [2.45, 2.75) is 173 Å². The first-order valence-corrected chi connectivity index (χ1v) is 25.9. The number of carbonyl (C=O) groups excluding carboxylic acids is 9. The quantitative estimate of drug-likeness (QED) is 0.0279. The van der Waals surface area contributed by atoms with Gasteiger partial charge in [-0.2, -0.15) is 0 Å². The Bertz CT molecular complexity index is 2220. The van der Waals surface area contributed by atoms with Gasteiger partial charge in [-0.25, -0.2) is 4.79 Å². The minimum Gasteiger partial charge on any atom is -0.508 e. The van der Waals surface area contributed by atoms with Gasteiger partial charge in [-0.05, 0) is 81.5 Å². The van der Waals surface area contributed by atoms with Gasteiger partial charge >= 0.3 is 11.9 Å². The van der Waals surface area contributed by atoms with E-state index in [0.717, 1.165) is 13.8 Å². The number of unbranched alkanes of at least 4 members (excludes halogenated alkanes) is 1. The molecule has 20 N–H and O–H groups in total. The highest BCUT2D eigenvalue weighted by Crippen LogP contribution is 2.15. The van der Waals surface area contributed by atoms with E-state index in [9.17, 15) is 88.5 Å². The second-order valence-corrected chi connectivity index (χ2v) is 20.0. The van der Waals surface area contributed by atoms with Gasteiger partial charge in [0.1, 0.15) is 60.1 Å². The van der Waals surface area contributed by atoms with Crippen molar-refractivity contribution in [3.05, 3.63) is 29.8 Å². The van der Waals surface area contributed by atoms with Gasteiger partial charge in [0.05, 0.1) is 37.9 Å². The molecule has 1 rings (SSSR count). The van der Waals surface area contributed by atoms with E-state index in [1.807, 2.05) is 24.5 Å². The zero-order valence-corrected chi connectivity index (χ0v) is 45.8. The first-order chi connectivity index (χ1) is 36.9. The van der Waals surface area contributed by atoms with E-state index >= 15 is 0 Å². The van der Waals surface area contributed by atoms with E-state index in [4.69, 9.17) is 11.5 Å². The van der Waals surface area contributed by atoms with Gasteiger partial charge in [-0.15, -0.1) is 0 Å². The number of hydrogen-bond donors (Lipinski definition) is 18. The number of aliphatic hydroxyl groups is 4. The van der Waals surface area contributed by atoms with Crippen LogP contribution in [-0.4, -0.2) is 193 Å². The highest BCUT2D eigenvalue weighted by Gasteiger charge is 2.38. The standard InChI is InChI=1S/C50H83N11O18/c1-9-25(6)38(59-43(71)31(18-23(2)3)55-46(74)37(52)24(4)5)47(75)61-40(27(8)65)49(77)56-32(19-28-13-15-29(66)16-14-28)41(69)54-33(20-36(67)68)42(70)57-34(21-62)44(72)58-35(22-63)45(73)60-39(26(7)64)48(76)53-30(50(78)79)12-10-11-17-51/h13-16,23-27,30-35,37-40,62-66H,9-12,17-22,51-52H2,1-8H3,(H,53,76)(H,54,69)(H,55,74)(H,56,77)(H,57,70)(H,58,72)(H,59,71)(H,60,73)(H,61,75)(H,67,68)(H,78,79)/t25-,26+,27+,30-,31-,32-,33-,34-,35-,37-,38-,39-,40-/m0/s1. The topological polar surface area (TPSA) is 490 Å². The van der Waals surface area contributed by atoms with Crippen LogP contribution in [0.4, 0.5) is 0 Å². The van der Waals surface area contributed by atoms with Gasteiger partial charge < -0.3 is 95.1 Å². The molecule has 0 aliphatic rings. The lowest BCUT2D eigenvalue weighted by atomic mass is 9.95. The minimum atomic E-state index is -2.09. The number of carboxylic acid groups (broad SMARTS) is 2. The number of nitrogens with one attached hydrogen (secondary N) is 9. The van der Waals surface area contributed by atoms with Crippen LogP contribution in [0.2, 0.25) is 0 Å². The molecule has 0 unspecified atom stereocenters. The number of aliphatic carboxylic acids is 2. The van der Waals surface area contributed by atoms with Crippen molar-refractivity contribution in [3.8, 4) is 5.75 Å². The molecule has 0 heterocycles. The number of aromatic hydroxyl groups is 1. The zero-order chi connectivity index (χ0) is 60.4. The summed E-state index contributed by atoms with van der Waals surface area (Å²) in [6.45, 7) is 10.5. The van der Waals surface area contributed by atoms with Crippen LogP contribution in [0, 0.1) is 17.8 Å². The Balaban J connectivity index is 3.47. The van der Waals surface area contributed by atoms with Gasteiger partial charge in [0.25, 0.3) is 0 Å². The average Bonchev–Trinajstić information content (AvgIpc) is 3.38. The molecule has 0 saturated carbocycles. The Morgan fingerprint density at radius 1 is 0.519 bits per heavy atom. The molecule has 13 atom stereocenters. The Morgan fingerprint density at radius 3 is 1.37 bits per heavy atom. The summed E-state index contributed by atoms with van der Waals surface area (Å²) in [5.74, 6) is -14.2. The van der Waals surface area contributed by atoms with Gasteiger partial charge in [0, 0.05) is 6.42 Å². The van der Waals surface area contributed by atoms with E-state index in [1.54, 1.807) is 27.7 Å². The molecule has 0 saturated heterocycles. The summed E-state index contributed by atoms with van der Waals surface area (Å²) in [7, 11) is 0. The largest absolute Gasteiger partial charge is 0.508 e. The summed E-state index contributed by atoms with van der Waals surface area (Å²) >= 11 is 0. The lowest BCUT2D eigenvalue weighted by Gasteiger charge is -2.30. The molecule has 446 valence electrons. The number of benzene rings is 1. The fraction of sp³-hybridized carbons (Fsp3) is 0.660. The minimum absolute atomic E-state index is 0.0496. The van der Waals surface area contributed by atoms with E-state index in [2.05, 4.69) is 37.2 Å². The molecule has 0 spiro atoms. The number of amides is 9. The van der Waals surface area contributed by atoms with Crippen molar-refractivity contribution in [3.63, 3.8) is 0 Å². The number of hydrogen-bond acceptors (Lipinski definition) is 18. The fourth-order valence-corrected chi connectivity index (χ4v) is 7.48. The predicted molar refractivity (Wildman–Crippen MR) is 281 cm³/mol. The number of phenolic OH excluding ortho intramolecular Hbond substituents is 1. The maximum atomic E-state index is 14.1. The number of phenols is 1. The van der Waals surface area contributed by atoms with Crippen LogP contribution in [0.1, 0.15) is 99.5 Å². The average molecular weight is 1130 g/mol. The van der Waals surface area contributed by atoms with Crippen LogP contribution in [0.15, 0.2) is 24.3 Å². The third kappa shape index (κ3) is 24.2. The molecule has 0 aliphatic heterocycles. The molecule has 79 heavy (non-hydrogen) atoms. The summed E-state index contributed by atoms with van der Waals surface area (Å²) in [5.41, 5.74) is 11.7. The Kier molecular flexibility index (Phi) is 30.8. The molecular weight excluding hydrogens is 1040 g/mol. The molecule has 0 radical (unpaired) electrons. The van der Waals surface area contributed by atoms with Crippen LogP contribution in [-0.2, 0) is 59.2 Å². The smallest absolute Gasteiger partial charge is 0.326 e. The second kappa shape index (κ2) is 34.8. The van der Waals surface area contributed by atoms with Crippen LogP contribution in [0.3, 0.4) is 0 Å². The molecule has 0 aromatic heterocycles. The molecule has 0 bridgehead atoms. The van der Waals surface area contributed by atoms with Crippen molar-refractivity contribution in [2.75, 3.05) is 19.8 Å². The van der Waals surface area contributed by atoms with E-state index in [-0.39, 0.29) is 42.5 Å². The lowest BCUT2D eigenvalue weighted by molar-refractivity contribution is -0.143. The lowest BCUT2D eigenvalue weighted by Crippen LogP contribution is -2.63. The first kappa shape index (κ1) is 70.0. The third-order valence-corrected chi connectivity index (χ3v) is 12.5. The highest BCUT2D eigenvalue weighted by molar-refractivity contribution is 5.99. The van der Waals surface area contributed by atoms with Crippen LogP contribution < -0.4 is 59.3 Å². The molecular formula is C50H83N11O18. The summed E-state index contributed by atoms with van der Waals surface area (Å²) in [4.78, 5) is 146. The molecule has 29 heteroatoms. The van der Waals surface area contributed by atoms with Crippen molar-refractivity contribution < 1.29 is 88.5 Å². The number of aliphatic hydroxyl groups excluding tert-OH is 4. The summed E-state index contributed by atoms with van der Waals surface area (Å²) < 4.78 is 0. The second-order valence-electron chi connectivity index (χ2n) is 20.0. The Hall–Kier alpha value is -7.05. The van der Waals surface area contributed by atoms with Crippen LogP contribution in [0.5, 0.6) is 5.75 Å². The van der Waals surface area contributed by atoms with Gasteiger partial charge in [0.15, 0.2) is 0 Å². The number of nitrogens with two attached hydrogens (primary N) is 2. The molecule has 29 nitrogen and oxygen atoms in total. The molecule has 1 aromatic carbocycles. The number of carboxylic acids is 2. The summed E-state index contributed by atoms with van der Waals surface area (Å²) in [6.07, 6.45) is -3.79. The van der Waals surface area contributed by atoms with E-state index in [1.165, 1.54) is 24.3 Å². The third-order valence-electron chi connectivity index (χ3n) is 12.5. The number of rotatable bonds is 36. The van der Waals surface area contributed by atoms with Gasteiger partial charge in [-0.1, -0.05) is 60.1 Å². The maximum Gasteiger partial charge on any atom is 0.326 e. The van der Waals surface area contributed by atoms with E-state index < -0.39 is 170 Å². The molecule has 9 amide bonds. The van der Waals surface area contributed by atoms with Crippen LogP contribution in [0.25, 0.3) is 0 Å². The van der Waals surface area contributed by atoms with Crippen molar-refractivity contribution >= 4 is 65.1 Å². The summed E-state index contributed by atoms with van der Waals surface area (Å²) in [6, 6.07) is -11.2. The Morgan fingerprint density at radius 2 is 0.924 bits per heavy atom. The monoisotopic (exact) mass is 1130 g/mol. The Labute approximate surface area is 457 Å². The van der Waals surface area contributed by atoms with Gasteiger partial charge in [-0.3, -0.25) is 47.9 Å². The highest BCUT2D eigenvalue weighted by atomic mass is 16.4. The maximum absolute atomic E-state index is 14.1. The van der Waals surface area contributed by atoms with Crippen molar-refractivity contribution in [1.29, 1.82) is 0 Å². The van der Waals surface area contributed by atoms with E-state index in [0.29, 0.717) is 19.3 Å². The van der Waals surface area contributed by atoms with Crippen LogP contribution >= 0.6 is 0 Å².